The van der Waals surface area contributed by atoms with Gasteiger partial charge in [0.2, 0.25) is 6.29 Å². The van der Waals surface area contributed by atoms with Crippen LogP contribution in [0.1, 0.15) is 35.3 Å². The number of ether oxygens (including phenoxy) is 2. The maximum atomic E-state index is 13.2. The van der Waals surface area contributed by atoms with Gasteiger partial charge in [-0.3, -0.25) is 4.79 Å². The van der Waals surface area contributed by atoms with Crippen LogP contribution in [0.4, 0.5) is 30.7 Å². The van der Waals surface area contributed by atoms with Gasteiger partial charge in [0.15, 0.2) is 0 Å². The van der Waals surface area contributed by atoms with Crippen molar-refractivity contribution < 1.29 is 45.0 Å². The summed E-state index contributed by atoms with van der Waals surface area (Å²) < 4.78 is 103. The van der Waals surface area contributed by atoms with E-state index in [2.05, 4.69) is 4.99 Å². The number of hydrogen-bond donors (Lipinski definition) is 0. The molecule has 0 spiro atoms. The second kappa shape index (κ2) is 8.39. The first-order chi connectivity index (χ1) is 14.3. The summed E-state index contributed by atoms with van der Waals surface area (Å²) in [5, 5.41) is 0. The molecule has 2 unspecified atom stereocenters. The van der Waals surface area contributed by atoms with E-state index in [1.165, 1.54) is 19.1 Å². The van der Waals surface area contributed by atoms with Gasteiger partial charge in [0.1, 0.15) is 18.1 Å². The Morgan fingerprint density at radius 2 is 1.55 bits per heavy atom. The van der Waals surface area contributed by atoms with E-state index < -0.39 is 59.8 Å². The van der Waals surface area contributed by atoms with Crippen molar-refractivity contribution in [3.05, 3.63) is 70.5 Å². The van der Waals surface area contributed by atoms with E-state index in [1.807, 2.05) is 0 Å². The molecule has 0 aromatic heterocycles. The molecule has 0 fully saturated rings. The van der Waals surface area contributed by atoms with E-state index in [1.54, 1.807) is 0 Å². The van der Waals surface area contributed by atoms with Gasteiger partial charge < -0.3 is 9.47 Å². The number of carbonyl (C=O) groups excluding carboxylic acids is 1. The first-order valence-electron chi connectivity index (χ1n) is 8.78. The fourth-order valence-electron chi connectivity index (χ4n) is 2.85. The quantitative estimate of drug-likeness (QED) is 0.595. The normalized spacial score (nSPS) is 18.6. The second-order valence-corrected chi connectivity index (χ2v) is 6.66. The van der Waals surface area contributed by atoms with E-state index in [0.29, 0.717) is 12.1 Å². The lowest BCUT2D eigenvalue weighted by Crippen LogP contribution is -2.36. The van der Waals surface area contributed by atoms with Gasteiger partial charge in [0.05, 0.1) is 17.2 Å². The topological polar surface area (TPSA) is 47.9 Å². The van der Waals surface area contributed by atoms with Gasteiger partial charge in [-0.2, -0.15) is 26.3 Å². The zero-order valence-electron chi connectivity index (χ0n) is 15.7. The fraction of sp³-hybridized carbons (Fsp3) is 0.300. The molecule has 2 aromatic rings. The van der Waals surface area contributed by atoms with E-state index in [4.69, 9.17) is 9.47 Å². The molecule has 1 aliphatic heterocycles. The minimum absolute atomic E-state index is 0.0113. The number of alkyl halides is 6. The average molecular weight is 449 g/mol. The third-order valence-corrected chi connectivity index (χ3v) is 4.37. The number of carbonyl (C=O) groups is 1. The minimum atomic E-state index is -5.01. The number of amides is 1. The van der Waals surface area contributed by atoms with Crippen molar-refractivity contribution >= 4 is 11.6 Å². The zero-order valence-corrected chi connectivity index (χ0v) is 15.7. The van der Waals surface area contributed by atoms with Crippen LogP contribution in [0.2, 0.25) is 0 Å². The Hall–Kier alpha value is -2.79. The van der Waals surface area contributed by atoms with Gasteiger partial charge in [-0.1, -0.05) is 12.1 Å². The highest BCUT2D eigenvalue weighted by atomic mass is 19.4. The van der Waals surface area contributed by atoms with Crippen molar-refractivity contribution in [3.8, 4) is 0 Å². The van der Waals surface area contributed by atoms with Gasteiger partial charge in [-0.15, -0.1) is 0 Å². The molecule has 1 heterocycles. The van der Waals surface area contributed by atoms with Crippen LogP contribution in [0.3, 0.4) is 0 Å². The summed E-state index contributed by atoms with van der Waals surface area (Å²) in [6.45, 7) is 0.732. The Kier molecular flexibility index (Phi) is 6.19. The summed E-state index contributed by atoms with van der Waals surface area (Å²) in [4.78, 5) is 15.4. The van der Waals surface area contributed by atoms with Crippen molar-refractivity contribution in [2.75, 3.05) is 6.61 Å². The van der Waals surface area contributed by atoms with Crippen molar-refractivity contribution in [1.29, 1.82) is 0 Å². The Morgan fingerprint density at radius 3 is 2.06 bits per heavy atom. The van der Waals surface area contributed by atoms with Crippen molar-refractivity contribution in [2.24, 2.45) is 4.99 Å². The SMILES string of the molecule is CC(OC1OCC(=O)N=C1c1ccc(F)cc1)c1cc(C(F)(F)F)cc(C(F)(F)F)c1. The van der Waals surface area contributed by atoms with Gasteiger partial charge in [0.25, 0.3) is 5.91 Å². The molecule has 0 aliphatic carbocycles. The van der Waals surface area contributed by atoms with Crippen molar-refractivity contribution in [3.63, 3.8) is 0 Å². The van der Waals surface area contributed by atoms with Crippen LogP contribution in [-0.2, 0) is 26.6 Å². The number of halogens is 7. The van der Waals surface area contributed by atoms with E-state index in [9.17, 15) is 35.5 Å². The van der Waals surface area contributed by atoms with Gasteiger partial charge >= 0.3 is 12.4 Å². The minimum Gasteiger partial charge on any atom is -0.339 e. The summed E-state index contributed by atoms with van der Waals surface area (Å²) in [5.74, 6) is -1.24. The predicted molar refractivity (Wildman–Crippen MR) is 93.6 cm³/mol. The van der Waals surface area contributed by atoms with Crippen molar-refractivity contribution in [1.82, 2.24) is 0 Å². The molecule has 2 atom stereocenters. The van der Waals surface area contributed by atoms with Gasteiger partial charge in [-0.05, 0) is 42.8 Å². The molecule has 0 saturated carbocycles. The first kappa shape index (κ1) is 22.9. The molecule has 166 valence electrons. The third kappa shape index (κ3) is 5.47. The summed E-state index contributed by atoms with van der Waals surface area (Å²) >= 11 is 0. The molecule has 1 aliphatic rings. The molecule has 4 nitrogen and oxygen atoms in total. The molecule has 2 aromatic carbocycles. The van der Waals surface area contributed by atoms with Gasteiger partial charge in [-0.25, -0.2) is 9.38 Å². The highest BCUT2D eigenvalue weighted by Crippen LogP contribution is 2.38. The lowest BCUT2D eigenvalue weighted by molar-refractivity contribution is -0.152. The summed E-state index contributed by atoms with van der Waals surface area (Å²) in [5.41, 5.74) is -3.21. The summed E-state index contributed by atoms with van der Waals surface area (Å²) in [7, 11) is 0. The Bertz CT molecular complexity index is 965. The zero-order chi connectivity index (χ0) is 23.0. The van der Waals surface area contributed by atoms with Crippen LogP contribution in [0.25, 0.3) is 0 Å². The third-order valence-electron chi connectivity index (χ3n) is 4.37. The highest BCUT2D eigenvalue weighted by molar-refractivity contribution is 6.09. The molecule has 11 heteroatoms. The molecule has 0 N–H and O–H groups in total. The fourth-order valence-corrected chi connectivity index (χ4v) is 2.85. The van der Waals surface area contributed by atoms with E-state index in [0.717, 1.165) is 12.1 Å². The number of nitrogens with zero attached hydrogens (tertiary/aromatic N) is 1. The molecule has 1 amide bonds. The summed E-state index contributed by atoms with van der Waals surface area (Å²) in [6, 6.07) is 5.83. The number of hydrogen-bond acceptors (Lipinski definition) is 3. The number of benzene rings is 2. The standard InChI is InChI=1S/C20H14F7NO3/c1-10(12-6-13(19(22,23)24)8-14(7-12)20(25,26)27)31-18-17(28-16(29)9-30-18)11-2-4-15(21)5-3-11/h2-8,10,18H,9H2,1H3. The molecule has 3 rings (SSSR count). The molecule has 0 saturated heterocycles. The van der Waals surface area contributed by atoms with Crippen LogP contribution < -0.4 is 0 Å². The average Bonchev–Trinajstić information content (AvgIpc) is 2.68. The Morgan fingerprint density at radius 1 is 1.00 bits per heavy atom. The molecule has 31 heavy (non-hydrogen) atoms. The Labute approximate surface area is 171 Å². The second-order valence-electron chi connectivity index (χ2n) is 6.66. The monoisotopic (exact) mass is 449 g/mol. The largest absolute Gasteiger partial charge is 0.416 e. The summed E-state index contributed by atoms with van der Waals surface area (Å²) in [6.07, 6.45) is -12.7. The first-order valence-corrected chi connectivity index (χ1v) is 8.78. The molecule has 0 bridgehead atoms. The van der Waals surface area contributed by atoms with Crippen molar-refractivity contribution in [2.45, 2.75) is 31.7 Å². The van der Waals surface area contributed by atoms with Crippen LogP contribution in [-0.4, -0.2) is 24.5 Å². The maximum absolute atomic E-state index is 13.2. The smallest absolute Gasteiger partial charge is 0.339 e. The highest BCUT2D eigenvalue weighted by Gasteiger charge is 2.38. The van der Waals surface area contributed by atoms with Crippen LogP contribution in [0.15, 0.2) is 47.5 Å². The van der Waals surface area contributed by atoms with Crippen LogP contribution >= 0.6 is 0 Å². The lowest BCUT2D eigenvalue weighted by atomic mass is 10.0. The predicted octanol–water partition coefficient (Wildman–Crippen LogP) is 5.31. The lowest BCUT2D eigenvalue weighted by Gasteiger charge is -2.27. The number of rotatable bonds is 4. The van der Waals surface area contributed by atoms with Crippen LogP contribution in [0.5, 0.6) is 0 Å². The number of aliphatic imine (C=N–C) groups is 1. The molecular formula is C20H14F7NO3. The van der Waals surface area contributed by atoms with E-state index >= 15 is 0 Å². The molecule has 0 radical (unpaired) electrons. The Balaban J connectivity index is 1.94. The maximum Gasteiger partial charge on any atom is 0.416 e. The van der Waals surface area contributed by atoms with E-state index in [-0.39, 0.29) is 17.3 Å². The molecular weight excluding hydrogens is 435 g/mol. The van der Waals surface area contributed by atoms with Crippen LogP contribution in [0, 0.1) is 5.82 Å². The van der Waals surface area contributed by atoms with Gasteiger partial charge in [0, 0.05) is 5.56 Å².